The van der Waals surface area contributed by atoms with Gasteiger partial charge in [0.15, 0.2) is 11.5 Å². The second-order valence-corrected chi connectivity index (χ2v) is 9.56. The van der Waals surface area contributed by atoms with Crippen molar-refractivity contribution in [2.45, 2.75) is 44.9 Å². The third-order valence-electron chi connectivity index (χ3n) is 7.24. The number of hydrogen-bond acceptors (Lipinski definition) is 4. The number of fused-ring (bicyclic) bond motifs is 1. The molecule has 5 rings (SSSR count). The lowest BCUT2D eigenvalue weighted by atomic mass is 9.80. The van der Waals surface area contributed by atoms with Crippen LogP contribution >= 0.6 is 0 Å². The van der Waals surface area contributed by atoms with Crippen molar-refractivity contribution in [1.82, 2.24) is 4.90 Å². The van der Waals surface area contributed by atoms with Crippen LogP contribution in [0.2, 0.25) is 0 Å². The standard InChI is InChI=1S/C29H31NO3/c1-29(20-31)14-15-30(19-21-8-4-3-5-9-21)28(29)24-12-13-26(32-2)27(18-24)33-25-16-22-10-6-7-11-23(22)17-25/h3-13,18,20,25,28H,14-17,19H2,1-2H3. The van der Waals surface area contributed by atoms with Crippen molar-refractivity contribution in [3.63, 3.8) is 0 Å². The van der Waals surface area contributed by atoms with Crippen LogP contribution in [-0.4, -0.2) is 30.9 Å². The fraction of sp³-hybridized carbons (Fsp3) is 0.345. The SMILES string of the molecule is COc1ccc(C2N(Cc3ccccc3)CCC2(C)C=O)cc1OC1Cc2ccccc2C1. The Morgan fingerprint density at radius 2 is 1.67 bits per heavy atom. The zero-order valence-corrected chi connectivity index (χ0v) is 19.4. The summed E-state index contributed by atoms with van der Waals surface area (Å²) in [6.07, 6.45) is 3.88. The Morgan fingerprint density at radius 1 is 0.970 bits per heavy atom. The first-order valence-electron chi connectivity index (χ1n) is 11.8. The van der Waals surface area contributed by atoms with Gasteiger partial charge in [-0.2, -0.15) is 0 Å². The Bertz CT molecular complexity index is 1100. The van der Waals surface area contributed by atoms with E-state index in [1.54, 1.807) is 7.11 Å². The molecular weight excluding hydrogens is 410 g/mol. The van der Waals surface area contributed by atoms with Crippen LogP contribution in [0.15, 0.2) is 72.8 Å². The molecule has 1 aliphatic carbocycles. The van der Waals surface area contributed by atoms with Gasteiger partial charge in [0, 0.05) is 37.4 Å². The molecule has 2 unspecified atom stereocenters. The Kier molecular flexibility index (Phi) is 5.94. The number of carbonyl (C=O) groups excluding carboxylic acids is 1. The summed E-state index contributed by atoms with van der Waals surface area (Å²) in [4.78, 5) is 14.7. The summed E-state index contributed by atoms with van der Waals surface area (Å²) < 4.78 is 12.1. The van der Waals surface area contributed by atoms with Crippen molar-refractivity contribution in [3.05, 3.63) is 95.1 Å². The third-order valence-corrected chi connectivity index (χ3v) is 7.24. The number of hydrogen-bond donors (Lipinski definition) is 0. The minimum atomic E-state index is -0.440. The van der Waals surface area contributed by atoms with E-state index in [1.807, 2.05) is 12.1 Å². The van der Waals surface area contributed by atoms with Gasteiger partial charge in [0.05, 0.1) is 7.11 Å². The molecule has 1 aliphatic heterocycles. The maximum atomic E-state index is 12.2. The van der Waals surface area contributed by atoms with E-state index in [1.165, 1.54) is 16.7 Å². The molecular formula is C29H31NO3. The molecule has 0 amide bonds. The van der Waals surface area contributed by atoms with Crippen LogP contribution in [0.4, 0.5) is 0 Å². The van der Waals surface area contributed by atoms with Crippen molar-refractivity contribution in [1.29, 1.82) is 0 Å². The molecule has 0 radical (unpaired) electrons. The highest BCUT2D eigenvalue weighted by molar-refractivity contribution is 5.62. The van der Waals surface area contributed by atoms with Gasteiger partial charge >= 0.3 is 0 Å². The van der Waals surface area contributed by atoms with Crippen molar-refractivity contribution in [2.24, 2.45) is 5.41 Å². The fourth-order valence-electron chi connectivity index (χ4n) is 5.51. The number of carbonyl (C=O) groups is 1. The van der Waals surface area contributed by atoms with Gasteiger partial charge in [0.25, 0.3) is 0 Å². The summed E-state index contributed by atoms with van der Waals surface area (Å²) in [5.74, 6) is 1.49. The molecule has 33 heavy (non-hydrogen) atoms. The van der Waals surface area contributed by atoms with Gasteiger partial charge < -0.3 is 14.3 Å². The van der Waals surface area contributed by atoms with Gasteiger partial charge in [0.2, 0.25) is 0 Å². The molecule has 0 bridgehead atoms. The third kappa shape index (κ3) is 4.28. The molecule has 4 heteroatoms. The molecule has 3 aromatic rings. The highest BCUT2D eigenvalue weighted by Gasteiger charge is 2.45. The largest absolute Gasteiger partial charge is 0.493 e. The monoisotopic (exact) mass is 441 g/mol. The number of nitrogens with zero attached hydrogens (tertiary/aromatic N) is 1. The van der Waals surface area contributed by atoms with E-state index in [-0.39, 0.29) is 12.1 Å². The van der Waals surface area contributed by atoms with Crippen LogP contribution in [0.5, 0.6) is 11.5 Å². The van der Waals surface area contributed by atoms with Gasteiger partial charge in [0.1, 0.15) is 12.4 Å². The summed E-state index contributed by atoms with van der Waals surface area (Å²) in [5, 5.41) is 0. The number of benzene rings is 3. The quantitative estimate of drug-likeness (QED) is 0.461. The molecule has 0 saturated carbocycles. The molecule has 170 valence electrons. The smallest absolute Gasteiger partial charge is 0.161 e. The molecule has 1 heterocycles. The fourth-order valence-corrected chi connectivity index (χ4v) is 5.51. The first-order chi connectivity index (χ1) is 16.1. The summed E-state index contributed by atoms with van der Waals surface area (Å²) in [5.41, 5.74) is 4.63. The van der Waals surface area contributed by atoms with Crippen LogP contribution in [-0.2, 0) is 24.2 Å². The van der Waals surface area contributed by atoms with E-state index in [2.05, 4.69) is 72.5 Å². The molecule has 1 fully saturated rings. The van der Waals surface area contributed by atoms with Crippen molar-refractivity contribution in [2.75, 3.05) is 13.7 Å². The summed E-state index contributed by atoms with van der Waals surface area (Å²) in [7, 11) is 1.68. The van der Waals surface area contributed by atoms with Crippen LogP contribution in [0.1, 0.15) is 41.6 Å². The second-order valence-electron chi connectivity index (χ2n) is 9.56. The molecule has 3 aromatic carbocycles. The summed E-state index contributed by atoms with van der Waals surface area (Å²) in [6.45, 7) is 3.78. The first kappa shape index (κ1) is 21.7. The Balaban J connectivity index is 1.44. The summed E-state index contributed by atoms with van der Waals surface area (Å²) in [6, 6.07) is 25.2. The van der Waals surface area contributed by atoms with Crippen LogP contribution in [0.25, 0.3) is 0 Å². The molecule has 0 aromatic heterocycles. The predicted molar refractivity (Wildman–Crippen MR) is 130 cm³/mol. The minimum Gasteiger partial charge on any atom is -0.493 e. The van der Waals surface area contributed by atoms with Gasteiger partial charge in [-0.05, 0) is 40.8 Å². The van der Waals surface area contributed by atoms with Gasteiger partial charge in [-0.3, -0.25) is 4.90 Å². The van der Waals surface area contributed by atoms with Gasteiger partial charge in [-0.1, -0.05) is 67.6 Å². The van der Waals surface area contributed by atoms with Crippen molar-refractivity contribution in [3.8, 4) is 11.5 Å². The molecule has 2 atom stereocenters. The predicted octanol–water partition coefficient (Wildman–Crippen LogP) is 5.39. The van der Waals surface area contributed by atoms with Crippen LogP contribution in [0, 0.1) is 5.41 Å². The average molecular weight is 442 g/mol. The number of aldehydes is 1. The Hall–Kier alpha value is -3.11. The average Bonchev–Trinajstić information content (AvgIpc) is 3.40. The molecule has 2 aliphatic rings. The van der Waals surface area contributed by atoms with Crippen molar-refractivity contribution < 1.29 is 14.3 Å². The summed E-state index contributed by atoms with van der Waals surface area (Å²) >= 11 is 0. The molecule has 0 N–H and O–H groups in total. The van der Waals surface area contributed by atoms with E-state index in [0.717, 1.165) is 55.7 Å². The van der Waals surface area contributed by atoms with E-state index < -0.39 is 5.41 Å². The van der Waals surface area contributed by atoms with Gasteiger partial charge in [-0.25, -0.2) is 0 Å². The molecule has 0 spiro atoms. The topological polar surface area (TPSA) is 38.8 Å². The second kappa shape index (κ2) is 9.03. The Morgan fingerprint density at radius 3 is 2.33 bits per heavy atom. The van der Waals surface area contributed by atoms with Crippen molar-refractivity contribution >= 4 is 6.29 Å². The highest BCUT2D eigenvalue weighted by atomic mass is 16.5. The zero-order chi connectivity index (χ0) is 22.8. The Labute approximate surface area is 196 Å². The maximum Gasteiger partial charge on any atom is 0.161 e. The molecule has 4 nitrogen and oxygen atoms in total. The lowest BCUT2D eigenvalue weighted by Gasteiger charge is -2.33. The van der Waals surface area contributed by atoms with E-state index >= 15 is 0 Å². The number of ether oxygens (including phenoxy) is 2. The number of methoxy groups -OCH3 is 1. The highest BCUT2D eigenvalue weighted by Crippen LogP contribution is 2.48. The lowest BCUT2D eigenvalue weighted by molar-refractivity contribution is -0.116. The number of rotatable bonds is 7. The van der Waals surface area contributed by atoms with Gasteiger partial charge in [-0.15, -0.1) is 0 Å². The van der Waals surface area contributed by atoms with E-state index in [0.29, 0.717) is 0 Å². The first-order valence-corrected chi connectivity index (χ1v) is 11.8. The van der Waals surface area contributed by atoms with E-state index in [4.69, 9.17) is 9.47 Å². The number of likely N-dealkylation sites (tertiary alicyclic amines) is 1. The maximum absolute atomic E-state index is 12.2. The molecule has 1 saturated heterocycles. The minimum absolute atomic E-state index is 0.00997. The normalized spacial score (nSPS) is 22.8. The lowest BCUT2D eigenvalue weighted by Crippen LogP contribution is -2.31. The van der Waals surface area contributed by atoms with Crippen LogP contribution < -0.4 is 9.47 Å². The van der Waals surface area contributed by atoms with E-state index in [9.17, 15) is 4.79 Å². The zero-order valence-electron chi connectivity index (χ0n) is 19.4. The van der Waals surface area contributed by atoms with Crippen LogP contribution in [0.3, 0.4) is 0 Å².